The van der Waals surface area contributed by atoms with E-state index in [4.69, 9.17) is 0 Å². The molecule has 1 heterocycles. The van der Waals surface area contributed by atoms with E-state index in [1.807, 2.05) is 0 Å². The minimum absolute atomic E-state index is 0.681. The lowest BCUT2D eigenvalue weighted by Crippen LogP contribution is -2.59. The van der Waals surface area contributed by atoms with Crippen molar-refractivity contribution in [2.75, 3.05) is 13.1 Å². The van der Waals surface area contributed by atoms with Gasteiger partial charge in [0.05, 0.1) is 0 Å². The quantitative estimate of drug-likeness (QED) is 0.747. The molecule has 0 aromatic heterocycles. The summed E-state index contributed by atoms with van der Waals surface area (Å²) < 4.78 is 0. The smallest absolute Gasteiger partial charge is 0.0218 e. The molecule has 2 heteroatoms. The highest BCUT2D eigenvalue weighted by molar-refractivity contribution is 4.87. The van der Waals surface area contributed by atoms with E-state index in [9.17, 15) is 0 Å². The Morgan fingerprint density at radius 1 is 1.36 bits per heavy atom. The van der Waals surface area contributed by atoms with Crippen LogP contribution in [0.3, 0.4) is 0 Å². The maximum atomic E-state index is 3.64. The highest BCUT2D eigenvalue weighted by Gasteiger charge is 2.28. The van der Waals surface area contributed by atoms with Crippen LogP contribution in [0.15, 0.2) is 0 Å². The monoisotopic (exact) mass is 198 g/mol. The maximum Gasteiger partial charge on any atom is 0.0218 e. The molecule has 3 unspecified atom stereocenters. The Hall–Kier alpha value is -0.0800. The molecular weight excluding hydrogens is 172 g/mol. The third-order valence-corrected chi connectivity index (χ3v) is 3.61. The second-order valence-corrected chi connectivity index (χ2v) is 5.06. The molecule has 14 heavy (non-hydrogen) atoms. The summed E-state index contributed by atoms with van der Waals surface area (Å²) in [5.74, 6) is 0.744. The van der Waals surface area contributed by atoms with Crippen LogP contribution in [-0.4, -0.2) is 36.1 Å². The molecule has 2 nitrogen and oxygen atoms in total. The van der Waals surface area contributed by atoms with Gasteiger partial charge in [0, 0.05) is 31.2 Å². The van der Waals surface area contributed by atoms with Gasteiger partial charge in [-0.2, -0.15) is 0 Å². The van der Waals surface area contributed by atoms with Crippen molar-refractivity contribution in [3.63, 3.8) is 0 Å². The predicted octanol–water partition coefficient (Wildman–Crippen LogP) is 2.10. The molecule has 0 radical (unpaired) electrons. The van der Waals surface area contributed by atoms with E-state index in [1.165, 1.54) is 13.0 Å². The van der Waals surface area contributed by atoms with Gasteiger partial charge in [0.2, 0.25) is 0 Å². The van der Waals surface area contributed by atoms with Gasteiger partial charge in [-0.05, 0) is 26.2 Å². The van der Waals surface area contributed by atoms with Crippen LogP contribution in [-0.2, 0) is 0 Å². The summed E-state index contributed by atoms with van der Waals surface area (Å²) >= 11 is 0. The zero-order chi connectivity index (χ0) is 10.7. The topological polar surface area (TPSA) is 15.3 Å². The first-order valence-electron chi connectivity index (χ1n) is 6.05. The number of piperazine rings is 1. The first-order valence-corrected chi connectivity index (χ1v) is 6.05. The summed E-state index contributed by atoms with van der Waals surface area (Å²) in [6.45, 7) is 13.9. The minimum atomic E-state index is 0.681. The summed E-state index contributed by atoms with van der Waals surface area (Å²) in [5, 5.41) is 3.64. The third-order valence-electron chi connectivity index (χ3n) is 3.61. The Labute approximate surface area is 89.1 Å². The van der Waals surface area contributed by atoms with Crippen molar-refractivity contribution in [1.29, 1.82) is 0 Å². The average molecular weight is 198 g/mol. The molecular formula is C12H26N2. The summed E-state index contributed by atoms with van der Waals surface area (Å²) in [6.07, 6.45) is 1.26. The van der Waals surface area contributed by atoms with Gasteiger partial charge < -0.3 is 5.32 Å². The van der Waals surface area contributed by atoms with E-state index in [-0.39, 0.29) is 0 Å². The van der Waals surface area contributed by atoms with Crippen LogP contribution in [0, 0.1) is 5.92 Å². The van der Waals surface area contributed by atoms with Crippen molar-refractivity contribution in [2.45, 2.75) is 59.2 Å². The minimum Gasteiger partial charge on any atom is -0.311 e. The van der Waals surface area contributed by atoms with Gasteiger partial charge in [0.1, 0.15) is 0 Å². The number of nitrogens with one attached hydrogen (secondary N) is 1. The first-order chi connectivity index (χ1) is 6.56. The van der Waals surface area contributed by atoms with Crippen LogP contribution < -0.4 is 5.32 Å². The second kappa shape index (κ2) is 5.13. The van der Waals surface area contributed by atoms with Crippen molar-refractivity contribution >= 4 is 0 Å². The molecule has 0 aromatic carbocycles. The number of nitrogens with zero attached hydrogens (tertiary/aromatic N) is 1. The largest absolute Gasteiger partial charge is 0.311 e. The van der Waals surface area contributed by atoms with Gasteiger partial charge in [-0.3, -0.25) is 4.90 Å². The fourth-order valence-corrected chi connectivity index (χ4v) is 2.21. The van der Waals surface area contributed by atoms with Crippen molar-refractivity contribution in [3.8, 4) is 0 Å². The van der Waals surface area contributed by atoms with E-state index < -0.39 is 0 Å². The highest BCUT2D eigenvalue weighted by atomic mass is 15.2. The predicted molar refractivity (Wildman–Crippen MR) is 62.5 cm³/mol. The van der Waals surface area contributed by atoms with E-state index in [0.29, 0.717) is 12.1 Å². The average Bonchev–Trinajstić information content (AvgIpc) is 2.17. The Morgan fingerprint density at radius 3 is 2.50 bits per heavy atom. The molecule has 0 bridgehead atoms. The van der Waals surface area contributed by atoms with Gasteiger partial charge in [0.25, 0.3) is 0 Å². The molecule has 84 valence electrons. The molecule has 1 fully saturated rings. The Balaban J connectivity index is 2.55. The number of hydrogen-bond acceptors (Lipinski definition) is 2. The maximum absolute atomic E-state index is 3.64. The van der Waals surface area contributed by atoms with Crippen molar-refractivity contribution in [3.05, 3.63) is 0 Å². The van der Waals surface area contributed by atoms with Crippen LogP contribution >= 0.6 is 0 Å². The zero-order valence-electron chi connectivity index (χ0n) is 10.4. The fraction of sp³-hybridized carbons (Fsp3) is 1.00. The SMILES string of the molecule is CCC(C)N1CC(C(C)C)NCC1C. The van der Waals surface area contributed by atoms with Crippen molar-refractivity contribution in [2.24, 2.45) is 5.92 Å². The lowest BCUT2D eigenvalue weighted by Gasteiger charge is -2.43. The number of hydrogen-bond donors (Lipinski definition) is 1. The summed E-state index contributed by atoms with van der Waals surface area (Å²) in [5.41, 5.74) is 0. The molecule has 1 N–H and O–H groups in total. The van der Waals surface area contributed by atoms with Crippen molar-refractivity contribution in [1.82, 2.24) is 10.2 Å². The molecule has 0 aromatic rings. The van der Waals surface area contributed by atoms with E-state index >= 15 is 0 Å². The van der Waals surface area contributed by atoms with Gasteiger partial charge in [-0.1, -0.05) is 20.8 Å². The molecule has 3 atom stereocenters. The molecule has 0 amide bonds. The molecule has 0 saturated carbocycles. The van der Waals surface area contributed by atoms with Crippen molar-refractivity contribution < 1.29 is 0 Å². The van der Waals surface area contributed by atoms with Crippen LogP contribution in [0.2, 0.25) is 0 Å². The Morgan fingerprint density at radius 2 is 2.00 bits per heavy atom. The van der Waals surface area contributed by atoms with Gasteiger partial charge >= 0.3 is 0 Å². The normalized spacial score (nSPS) is 32.1. The zero-order valence-corrected chi connectivity index (χ0v) is 10.4. The van der Waals surface area contributed by atoms with E-state index in [1.54, 1.807) is 0 Å². The summed E-state index contributed by atoms with van der Waals surface area (Å²) in [4.78, 5) is 2.65. The van der Waals surface area contributed by atoms with Crippen LogP contribution in [0.4, 0.5) is 0 Å². The molecule has 0 aliphatic carbocycles. The highest BCUT2D eigenvalue weighted by Crippen LogP contribution is 2.16. The summed E-state index contributed by atoms with van der Waals surface area (Å²) in [6, 6.07) is 2.11. The first kappa shape index (κ1) is 12.0. The summed E-state index contributed by atoms with van der Waals surface area (Å²) in [7, 11) is 0. The molecule has 1 aliphatic rings. The van der Waals surface area contributed by atoms with Gasteiger partial charge in [0.15, 0.2) is 0 Å². The molecule has 0 spiro atoms. The fourth-order valence-electron chi connectivity index (χ4n) is 2.21. The van der Waals surface area contributed by atoms with Gasteiger partial charge in [-0.25, -0.2) is 0 Å². The molecule has 1 rings (SSSR count). The van der Waals surface area contributed by atoms with Crippen LogP contribution in [0.5, 0.6) is 0 Å². The Kier molecular flexibility index (Phi) is 4.39. The van der Waals surface area contributed by atoms with E-state index in [0.717, 1.165) is 18.5 Å². The standard InChI is InChI=1S/C12H26N2/c1-6-10(4)14-8-12(9(2)3)13-7-11(14)5/h9-13H,6-8H2,1-5H3. The lowest BCUT2D eigenvalue weighted by atomic mass is 9.98. The van der Waals surface area contributed by atoms with Crippen LogP contribution in [0.1, 0.15) is 41.0 Å². The number of rotatable bonds is 3. The third kappa shape index (κ3) is 2.71. The van der Waals surface area contributed by atoms with Gasteiger partial charge in [-0.15, -0.1) is 0 Å². The molecule has 1 saturated heterocycles. The second-order valence-electron chi connectivity index (χ2n) is 5.06. The lowest BCUT2D eigenvalue weighted by molar-refractivity contribution is 0.0836. The Bertz CT molecular complexity index is 164. The van der Waals surface area contributed by atoms with E-state index in [2.05, 4.69) is 44.8 Å². The van der Waals surface area contributed by atoms with Crippen LogP contribution in [0.25, 0.3) is 0 Å². The molecule has 1 aliphatic heterocycles.